The van der Waals surface area contributed by atoms with Crippen molar-refractivity contribution < 1.29 is 4.79 Å². The Balaban J connectivity index is 1.73. The Morgan fingerprint density at radius 1 is 1.16 bits per heavy atom. The molecule has 2 heterocycles. The number of pyridine rings is 1. The van der Waals surface area contributed by atoms with E-state index in [0.717, 1.165) is 17.8 Å². The highest BCUT2D eigenvalue weighted by atomic mass is 32.2. The van der Waals surface area contributed by atoms with Crippen LogP contribution in [0.25, 0.3) is 5.65 Å². The summed E-state index contributed by atoms with van der Waals surface area (Å²) < 4.78 is 1.89. The minimum absolute atomic E-state index is 0.0339. The molecule has 1 N–H and O–H groups in total. The lowest BCUT2D eigenvalue weighted by molar-refractivity contribution is -0.115. The first kappa shape index (κ1) is 17.5. The van der Waals surface area contributed by atoms with E-state index in [2.05, 4.69) is 35.4 Å². The zero-order valence-electron chi connectivity index (χ0n) is 14.6. The number of hydrogen-bond donors (Lipinski definition) is 1. The van der Waals surface area contributed by atoms with Gasteiger partial charge in [0.25, 0.3) is 0 Å². The van der Waals surface area contributed by atoms with E-state index < -0.39 is 0 Å². The largest absolute Gasteiger partial charge is 0.325 e. The number of aromatic nitrogens is 3. The molecule has 1 amide bonds. The van der Waals surface area contributed by atoms with Crippen LogP contribution in [0, 0.1) is 0 Å². The number of nitrogens with one attached hydrogen (secondary N) is 1. The van der Waals surface area contributed by atoms with Gasteiger partial charge in [0.1, 0.15) is 0 Å². The van der Waals surface area contributed by atoms with E-state index in [0.29, 0.717) is 11.1 Å². The average Bonchev–Trinajstić information content (AvgIpc) is 3.04. The maximum Gasteiger partial charge on any atom is 0.237 e. The van der Waals surface area contributed by atoms with Crippen molar-refractivity contribution in [1.29, 1.82) is 0 Å². The summed E-state index contributed by atoms with van der Waals surface area (Å²) in [6.07, 6.45) is 2.93. The highest BCUT2D eigenvalue weighted by Gasteiger charge is 2.19. The van der Waals surface area contributed by atoms with Crippen LogP contribution in [0.5, 0.6) is 0 Å². The van der Waals surface area contributed by atoms with Crippen LogP contribution in [0.15, 0.2) is 53.8 Å². The van der Waals surface area contributed by atoms with Crippen LogP contribution in [-0.2, 0) is 4.79 Å². The molecule has 25 heavy (non-hydrogen) atoms. The monoisotopic (exact) mass is 354 g/mol. The van der Waals surface area contributed by atoms with Crippen molar-refractivity contribution in [3.8, 4) is 0 Å². The van der Waals surface area contributed by atoms with Crippen LogP contribution in [0.1, 0.15) is 38.7 Å². The number of carbonyl (C=O) groups excluding carboxylic acids is 1. The van der Waals surface area contributed by atoms with Gasteiger partial charge < -0.3 is 5.32 Å². The Kier molecular flexibility index (Phi) is 5.38. The summed E-state index contributed by atoms with van der Waals surface area (Å²) in [4.78, 5) is 12.6. The number of thioether (sulfide) groups is 1. The molecule has 0 aliphatic carbocycles. The summed E-state index contributed by atoms with van der Waals surface area (Å²) in [6, 6.07) is 13.7. The molecule has 6 heteroatoms. The fraction of sp³-hybridized carbons (Fsp3) is 0.316. The van der Waals surface area contributed by atoms with Gasteiger partial charge in [0, 0.05) is 11.9 Å². The van der Waals surface area contributed by atoms with Crippen molar-refractivity contribution in [2.45, 2.75) is 43.5 Å². The second-order valence-electron chi connectivity index (χ2n) is 6.06. The normalized spacial score (nSPS) is 13.6. The molecule has 0 fully saturated rings. The molecule has 1 aromatic carbocycles. The Hall–Kier alpha value is -2.34. The number of para-hydroxylation sites is 1. The summed E-state index contributed by atoms with van der Waals surface area (Å²) in [5.74, 6) is 0.369. The highest BCUT2D eigenvalue weighted by molar-refractivity contribution is 8.00. The first-order chi connectivity index (χ1) is 12.1. The smallest absolute Gasteiger partial charge is 0.237 e. The molecular formula is C19H22N4OS. The molecule has 0 unspecified atom stereocenters. The van der Waals surface area contributed by atoms with Crippen molar-refractivity contribution in [2.75, 3.05) is 5.32 Å². The summed E-state index contributed by atoms with van der Waals surface area (Å²) in [5, 5.41) is 11.8. The standard InChI is InChI=1S/C19H22N4OS/c1-4-13(2)15-9-5-6-10-16(15)20-18(24)14(3)25-19-22-21-17-11-7-8-12-23(17)19/h5-14H,4H2,1-3H3,(H,20,24)/t13-,14+/m0/s1. The molecule has 0 bridgehead atoms. The van der Waals surface area contributed by atoms with Crippen molar-refractivity contribution in [2.24, 2.45) is 0 Å². The number of rotatable bonds is 6. The third-order valence-electron chi connectivity index (χ3n) is 4.30. The van der Waals surface area contributed by atoms with Gasteiger partial charge in [0.2, 0.25) is 5.91 Å². The Labute approximate surface area is 151 Å². The lowest BCUT2D eigenvalue weighted by Crippen LogP contribution is -2.23. The molecule has 130 valence electrons. The second-order valence-corrected chi connectivity index (χ2v) is 7.37. The lowest BCUT2D eigenvalue weighted by atomic mass is 9.97. The number of carbonyl (C=O) groups is 1. The fourth-order valence-electron chi connectivity index (χ4n) is 2.61. The minimum atomic E-state index is -0.280. The van der Waals surface area contributed by atoms with Crippen LogP contribution >= 0.6 is 11.8 Å². The number of fused-ring (bicyclic) bond motifs is 1. The van der Waals surface area contributed by atoms with Gasteiger partial charge in [-0.05, 0) is 43.0 Å². The second kappa shape index (κ2) is 7.70. The average molecular weight is 354 g/mol. The number of hydrogen-bond acceptors (Lipinski definition) is 4. The summed E-state index contributed by atoms with van der Waals surface area (Å²) in [5.41, 5.74) is 2.84. The van der Waals surface area contributed by atoms with Crippen LogP contribution in [-0.4, -0.2) is 25.8 Å². The first-order valence-corrected chi connectivity index (χ1v) is 9.34. The van der Waals surface area contributed by atoms with E-state index in [9.17, 15) is 4.79 Å². The Morgan fingerprint density at radius 3 is 2.72 bits per heavy atom. The molecular weight excluding hydrogens is 332 g/mol. The number of amides is 1. The predicted octanol–water partition coefficient (Wildman–Crippen LogP) is 4.36. The van der Waals surface area contributed by atoms with Crippen molar-refractivity contribution >= 4 is 29.0 Å². The van der Waals surface area contributed by atoms with Gasteiger partial charge in [-0.25, -0.2) is 0 Å². The summed E-state index contributed by atoms with van der Waals surface area (Å²) >= 11 is 1.40. The van der Waals surface area contributed by atoms with E-state index in [1.165, 1.54) is 17.3 Å². The molecule has 0 saturated heterocycles. The van der Waals surface area contributed by atoms with E-state index in [4.69, 9.17) is 0 Å². The molecule has 0 spiro atoms. The van der Waals surface area contributed by atoms with Crippen LogP contribution < -0.4 is 5.32 Å². The van der Waals surface area contributed by atoms with Gasteiger partial charge >= 0.3 is 0 Å². The first-order valence-electron chi connectivity index (χ1n) is 8.46. The van der Waals surface area contributed by atoms with Crippen LogP contribution in [0.3, 0.4) is 0 Å². The van der Waals surface area contributed by atoms with Gasteiger partial charge in [-0.2, -0.15) is 0 Å². The molecule has 0 aliphatic heterocycles. The fourth-order valence-corrected chi connectivity index (χ4v) is 3.44. The van der Waals surface area contributed by atoms with E-state index in [1.54, 1.807) is 0 Å². The van der Waals surface area contributed by atoms with Crippen LogP contribution in [0.4, 0.5) is 5.69 Å². The molecule has 5 nitrogen and oxygen atoms in total. The summed E-state index contributed by atoms with van der Waals surface area (Å²) in [7, 11) is 0. The lowest BCUT2D eigenvalue weighted by Gasteiger charge is -2.17. The maximum atomic E-state index is 12.6. The topological polar surface area (TPSA) is 59.3 Å². The molecule has 3 aromatic rings. The van der Waals surface area contributed by atoms with Gasteiger partial charge in [-0.1, -0.05) is 49.9 Å². The van der Waals surface area contributed by atoms with Crippen LogP contribution in [0.2, 0.25) is 0 Å². The Bertz CT molecular complexity index is 876. The zero-order chi connectivity index (χ0) is 17.8. The third-order valence-corrected chi connectivity index (χ3v) is 5.35. The SMILES string of the molecule is CC[C@H](C)c1ccccc1NC(=O)[C@@H](C)Sc1nnc2ccccn12. The molecule has 2 atom stereocenters. The Morgan fingerprint density at radius 2 is 1.92 bits per heavy atom. The van der Waals surface area contributed by atoms with Crippen molar-refractivity contribution in [3.05, 3.63) is 54.2 Å². The van der Waals surface area contributed by atoms with E-state index in [-0.39, 0.29) is 11.2 Å². The highest BCUT2D eigenvalue weighted by Crippen LogP contribution is 2.28. The molecule has 0 radical (unpaired) electrons. The van der Waals surface area contributed by atoms with Gasteiger partial charge in [-0.15, -0.1) is 10.2 Å². The zero-order valence-corrected chi connectivity index (χ0v) is 15.5. The van der Waals surface area contributed by atoms with Crippen molar-refractivity contribution in [3.63, 3.8) is 0 Å². The van der Waals surface area contributed by atoms with Crippen molar-refractivity contribution in [1.82, 2.24) is 14.6 Å². The summed E-state index contributed by atoms with van der Waals surface area (Å²) in [6.45, 7) is 6.21. The van der Waals surface area contributed by atoms with Gasteiger partial charge in [-0.3, -0.25) is 9.20 Å². The number of benzene rings is 1. The third kappa shape index (κ3) is 3.85. The van der Waals surface area contributed by atoms with E-state index >= 15 is 0 Å². The van der Waals surface area contributed by atoms with Gasteiger partial charge in [0.05, 0.1) is 5.25 Å². The quantitative estimate of drug-likeness (QED) is 0.668. The van der Waals surface area contributed by atoms with E-state index in [1.807, 2.05) is 53.9 Å². The molecule has 0 aliphatic rings. The van der Waals surface area contributed by atoms with Gasteiger partial charge in [0.15, 0.2) is 10.8 Å². The molecule has 0 saturated carbocycles. The minimum Gasteiger partial charge on any atom is -0.325 e. The molecule has 2 aromatic heterocycles. The number of anilines is 1. The predicted molar refractivity (Wildman–Crippen MR) is 102 cm³/mol. The maximum absolute atomic E-state index is 12.6. The number of nitrogens with zero attached hydrogens (tertiary/aromatic N) is 3. The molecule has 3 rings (SSSR count).